The summed E-state index contributed by atoms with van der Waals surface area (Å²) in [5, 5.41) is 3.62. The molecule has 3 rings (SSSR count). The molecule has 0 aliphatic carbocycles. The number of methoxy groups -OCH3 is 2. The Kier molecular flexibility index (Phi) is 9.31. The van der Waals surface area contributed by atoms with Gasteiger partial charge in [-0.2, -0.15) is 4.98 Å². The van der Waals surface area contributed by atoms with Crippen molar-refractivity contribution in [2.75, 3.05) is 27.4 Å². The monoisotopic (exact) mass is 535 g/mol. The second-order valence-electron chi connectivity index (χ2n) is 7.79. The molecule has 36 heavy (non-hydrogen) atoms. The second-order valence-corrected chi connectivity index (χ2v) is 8.57. The van der Waals surface area contributed by atoms with Gasteiger partial charge in [0.2, 0.25) is 5.88 Å². The largest absolute Gasteiger partial charge is 0.481 e. The van der Waals surface area contributed by atoms with E-state index >= 15 is 0 Å². The van der Waals surface area contributed by atoms with Crippen LogP contribution in [0, 0.1) is 6.92 Å². The van der Waals surface area contributed by atoms with E-state index in [4.69, 9.17) is 42.1 Å². The highest BCUT2D eigenvalue weighted by molar-refractivity contribution is 6.42. The van der Waals surface area contributed by atoms with Crippen molar-refractivity contribution in [1.29, 1.82) is 0 Å². The van der Waals surface area contributed by atoms with E-state index in [2.05, 4.69) is 15.3 Å². The van der Waals surface area contributed by atoms with Crippen molar-refractivity contribution in [1.82, 2.24) is 15.3 Å². The van der Waals surface area contributed by atoms with E-state index in [9.17, 15) is 9.59 Å². The van der Waals surface area contributed by atoms with E-state index in [1.165, 1.54) is 14.2 Å². The van der Waals surface area contributed by atoms with Gasteiger partial charge in [0, 0.05) is 11.8 Å². The molecule has 192 valence electrons. The predicted molar refractivity (Wildman–Crippen MR) is 134 cm³/mol. The number of esters is 2. The molecule has 1 aliphatic heterocycles. The molecule has 0 saturated heterocycles. The lowest BCUT2D eigenvalue weighted by molar-refractivity contribution is -0.139. The number of aryl methyl sites for hydroxylation is 1. The highest BCUT2D eigenvalue weighted by atomic mass is 35.5. The standard InChI is InChI=1S/C25H27Cl2N3O6/c1-6-36-25(32)22-18(12-35-11-15-10-19(33-4)30-14(3)29-15)28-13(2)20(24(31)34-5)21(22)16-8-7-9-17(26)23(16)27/h7-10,21,28H,6,11-12H2,1-5H3. The molecule has 0 bridgehead atoms. The van der Waals surface area contributed by atoms with Gasteiger partial charge in [-0.3, -0.25) is 0 Å². The molecule has 1 aromatic heterocycles. The Morgan fingerprint density at radius 1 is 1.06 bits per heavy atom. The molecule has 0 fully saturated rings. The molecule has 2 heterocycles. The second kappa shape index (κ2) is 12.2. The zero-order chi connectivity index (χ0) is 26.4. The number of carbonyl (C=O) groups is 2. The van der Waals surface area contributed by atoms with Crippen molar-refractivity contribution < 1.29 is 28.5 Å². The Hall–Kier alpha value is -3.14. The van der Waals surface area contributed by atoms with Crippen LogP contribution in [-0.2, 0) is 30.4 Å². The summed E-state index contributed by atoms with van der Waals surface area (Å²) in [4.78, 5) is 34.6. The molecule has 11 heteroatoms. The number of dihydropyridines is 1. The topological polar surface area (TPSA) is 109 Å². The zero-order valence-corrected chi connectivity index (χ0v) is 22.1. The summed E-state index contributed by atoms with van der Waals surface area (Å²) in [6, 6.07) is 6.68. The number of allylic oxidation sites excluding steroid dienone is 1. The molecule has 2 aromatic rings. The first-order valence-corrected chi connectivity index (χ1v) is 11.8. The Balaban J connectivity index is 2.06. The van der Waals surface area contributed by atoms with Crippen LogP contribution in [0.1, 0.15) is 36.8 Å². The maximum Gasteiger partial charge on any atom is 0.336 e. The number of nitrogens with zero attached hydrogens (tertiary/aromatic N) is 2. The number of benzene rings is 1. The SMILES string of the molecule is CCOC(=O)C1=C(COCc2cc(OC)nc(C)n2)NC(C)=C(C(=O)OC)C1c1cccc(Cl)c1Cl. The first-order chi connectivity index (χ1) is 17.2. The van der Waals surface area contributed by atoms with Crippen molar-refractivity contribution in [3.8, 4) is 5.88 Å². The van der Waals surface area contributed by atoms with Crippen molar-refractivity contribution in [3.05, 3.63) is 73.9 Å². The van der Waals surface area contributed by atoms with E-state index in [-0.39, 0.29) is 41.0 Å². The Morgan fingerprint density at radius 3 is 2.47 bits per heavy atom. The summed E-state index contributed by atoms with van der Waals surface area (Å²) in [5.74, 6) is -1.19. The van der Waals surface area contributed by atoms with E-state index < -0.39 is 17.9 Å². The predicted octanol–water partition coefficient (Wildman–Crippen LogP) is 4.27. The lowest BCUT2D eigenvalue weighted by Gasteiger charge is -2.31. The third kappa shape index (κ3) is 5.98. The third-order valence-corrected chi connectivity index (χ3v) is 6.24. The van der Waals surface area contributed by atoms with E-state index in [0.29, 0.717) is 34.4 Å². The van der Waals surface area contributed by atoms with Gasteiger partial charge in [-0.05, 0) is 32.4 Å². The van der Waals surface area contributed by atoms with Crippen molar-refractivity contribution in [2.45, 2.75) is 33.3 Å². The lowest BCUT2D eigenvalue weighted by Crippen LogP contribution is -2.34. The van der Waals surface area contributed by atoms with Gasteiger partial charge in [0.25, 0.3) is 0 Å². The average molecular weight is 536 g/mol. The normalized spacial score (nSPS) is 15.5. The van der Waals surface area contributed by atoms with Gasteiger partial charge >= 0.3 is 11.9 Å². The van der Waals surface area contributed by atoms with E-state index in [1.54, 1.807) is 45.0 Å². The molecule has 0 radical (unpaired) electrons. The van der Waals surface area contributed by atoms with Crippen LogP contribution in [0.4, 0.5) is 0 Å². The van der Waals surface area contributed by atoms with Crippen LogP contribution >= 0.6 is 23.2 Å². The van der Waals surface area contributed by atoms with Gasteiger partial charge in [-0.15, -0.1) is 0 Å². The number of aromatic nitrogens is 2. The van der Waals surface area contributed by atoms with Crippen molar-refractivity contribution >= 4 is 35.1 Å². The maximum absolute atomic E-state index is 13.2. The highest BCUT2D eigenvalue weighted by Crippen LogP contribution is 2.43. The van der Waals surface area contributed by atoms with Gasteiger partial charge < -0.3 is 24.3 Å². The Bertz CT molecular complexity index is 1230. The maximum atomic E-state index is 13.2. The quantitative estimate of drug-likeness (QED) is 0.470. The summed E-state index contributed by atoms with van der Waals surface area (Å²) in [6.45, 7) is 5.38. The molecule has 1 aromatic carbocycles. The number of hydrogen-bond acceptors (Lipinski definition) is 9. The minimum absolute atomic E-state index is 0.0139. The fraction of sp³-hybridized carbons (Fsp3) is 0.360. The van der Waals surface area contributed by atoms with Crippen LogP contribution in [-0.4, -0.2) is 49.3 Å². The molecule has 0 saturated carbocycles. The van der Waals surface area contributed by atoms with E-state index in [0.717, 1.165) is 0 Å². The Morgan fingerprint density at radius 2 is 1.81 bits per heavy atom. The van der Waals surface area contributed by atoms with Gasteiger partial charge in [0.15, 0.2) is 0 Å². The Labute approximate surface area is 219 Å². The highest BCUT2D eigenvalue weighted by Gasteiger charge is 2.40. The van der Waals surface area contributed by atoms with Crippen LogP contribution in [0.2, 0.25) is 10.0 Å². The summed E-state index contributed by atoms with van der Waals surface area (Å²) in [6.07, 6.45) is 0. The fourth-order valence-electron chi connectivity index (χ4n) is 3.93. The molecule has 9 nitrogen and oxygen atoms in total. The molecule has 1 N–H and O–H groups in total. The van der Waals surface area contributed by atoms with Crippen LogP contribution in [0.5, 0.6) is 5.88 Å². The molecule has 0 spiro atoms. The fourth-order valence-corrected chi connectivity index (χ4v) is 4.35. The molecule has 0 amide bonds. The molecule has 1 aliphatic rings. The molecule has 1 unspecified atom stereocenters. The molecule has 1 atom stereocenters. The minimum Gasteiger partial charge on any atom is -0.481 e. The minimum atomic E-state index is -0.899. The third-order valence-electron chi connectivity index (χ3n) is 5.41. The zero-order valence-electron chi connectivity index (χ0n) is 20.6. The number of ether oxygens (including phenoxy) is 4. The summed E-state index contributed by atoms with van der Waals surface area (Å²) in [7, 11) is 2.79. The summed E-state index contributed by atoms with van der Waals surface area (Å²) < 4.78 is 21.5. The first-order valence-electron chi connectivity index (χ1n) is 11.1. The number of rotatable bonds is 9. The van der Waals surface area contributed by atoms with Crippen LogP contribution < -0.4 is 10.1 Å². The lowest BCUT2D eigenvalue weighted by atomic mass is 9.80. The molecular weight excluding hydrogens is 509 g/mol. The van der Waals surface area contributed by atoms with Gasteiger partial charge in [-0.1, -0.05) is 35.3 Å². The van der Waals surface area contributed by atoms with Crippen LogP contribution in [0.3, 0.4) is 0 Å². The summed E-state index contributed by atoms with van der Waals surface area (Å²) in [5.41, 5.74) is 2.34. The first kappa shape index (κ1) is 27.4. The number of halogens is 2. The number of nitrogens with one attached hydrogen (secondary N) is 1. The van der Waals surface area contributed by atoms with Crippen LogP contribution in [0.25, 0.3) is 0 Å². The average Bonchev–Trinajstić information content (AvgIpc) is 2.84. The van der Waals surface area contributed by atoms with Gasteiger partial charge in [-0.25, -0.2) is 14.6 Å². The number of hydrogen-bond donors (Lipinski definition) is 1. The smallest absolute Gasteiger partial charge is 0.336 e. The summed E-state index contributed by atoms with van der Waals surface area (Å²) >= 11 is 12.8. The van der Waals surface area contributed by atoms with Crippen molar-refractivity contribution in [2.24, 2.45) is 0 Å². The van der Waals surface area contributed by atoms with E-state index in [1.807, 2.05) is 0 Å². The molecular formula is C25H27Cl2N3O6. The van der Waals surface area contributed by atoms with Crippen LogP contribution in [0.15, 0.2) is 46.8 Å². The number of carbonyl (C=O) groups excluding carboxylic acids is 2. The van der Waals surface area contributed by atoms with Gasteiger partial charge in [0.05, 0.1) is 72.5 Å². The van der Waals surface area contributed by atoms with Crippen molar-refractivity contribution in [3.63, 3.8) is 0 Å². The van der Waals surface area contributed by atoms with Gasteiger partial charge in [0.1, 0.15) is 5.82 Å².